The van der Waals surface area contributed by atoms with Gasteiger partial charge >= 0.3 is 23.1 Å². The van der Waals surface area contributed by atoms with Crippen LogP contribution in [-0.2, 0) is 10.1 Å². The molecule has 5 heteroatoms. The zero-order chi connectivity index (χ0) is 7.61. The molecule has 0 saturated carbocycles. The molecule has 0 heterocycles. The van der Waals surface area contributed by atoms with E-state index in [0.717, 1.165) is 0 Å². The SMILES string of the molecule is O=S(=O)(O)c1ccccc1.[H-].[H-].[Mg+2]. The zero-order valence-electron chi connectivity index (χ0n) is 7.77. The Kier molecular flexibility index (Phi) is 4.02. The number of hydrogen-bond donors (Lipinski definition) is 1. The molecule has 0 aromatic heterocycles. The molecule has 0 fully saturated rings. The topological polar surface area (TPSA) is 54.4 Å². The van der Waals surface area contributed by atoms with Gasteiger partial charge in [-0.25, -0.2) is 0 Å². The van der Waals surface area contributed by atoms with Crippen molar-refractivity contribution in [2.24, 2.45) is 0 Å². The first kappa shape index (κ1) is 10.9. The van der Waals surface area contributed by atoms with Crippen molar-refractivity contribution in [3.05, 3.63) is 30.3 Å². The zero-order valence-corrected chi connectivity index (χ0v) is 8.00. The molecule has 0 spiro atoms. The summed E-state index contributed by atoms with van der Waals surface area (Å²) in [4.78, 5) is -0.0741. The van der Waals surface area contributed by atoms with Crippen molar-refractivity contribution in [3.63, 3.8) is 0 Å². The molecular weight excluding hydrogens is 176 g/mol. The summed E-state index contributed by atoms with van der Waals surface area (Å²) in [6.07, 6.45) is 0. The van der Waals surface area contributed by atoms with E-state index in [2.05, 4.69) is 0 Å². The molecular formula is C6H8MgO3S. The van der Waals surface area contributed by atoms with Crippen LogP contribution in [0.1, 0.15) is 2.85 Å². The second-order valence-electron chi connectivity index (χ2n) is 1.79. The fourth-order valence-corrected chi connectivity index (χ4v) is 1.09. The van der Waals surface area contributed by atoms with Crippen LogP contribution < -0.4 is 0 Å². The normalized spacial score (nSPS) is 10.3. The Balaban J connectivity index is -0.000000333. The molecule has 0 bridgehead atoms. The number of rotatable bonds is 1. The summed E-state index contributed by atoms with van der Waals surface area (Å²) in [6, 6.07) is 7.42. The largest absolute Gasteiger partial charge is 2.00 e. The standard InChI is InChI=1S/C6H6O3S.Mg.2H/c7-10(8,9)6-4-2-1-3-5-6;;;/h1-5H,(H,7,8,9);;;/q;+2;2*-1. The van der Waals surface area contributed by atoms with Crippen molar-refractivity contribution in [1.29, 1.82) is 0 Å². The van der Waals surface area contributed by atoms with Crippen LogP contribution in [0.4, 0.5) is 0 Å². The van der Waals surface area contributed by atoms with Crippen molar-refractivity contribution in [1.82, 2.24) is 0 Å². The smallest absolute Gasteiger partial charge is 1.00 e. The minimum Gasteiger partial charge on any atom is -1.00 e. The second kappa shape index (κ2) is 4.06. The monoisotopic (exact) mass is 184 g/mol. The molecule has 1 aromatic rings. The summed E-state index contributed by atoms with van der Waals surface area (Å²) in [5.74, 6) is 0. The van der Waals surface area contributed by atoms with E-state index in [1.807, 2.05) is 0 Å². The van der Waals surface area contributed by atoms with Gasteiger partial charge in [-0.2, -0.15) is 8.42 Å². The Labute approximate surface area is 84.3 Å². The van der Waals surface area contributed by atoms with Gasteiger partial charge in [0.05, 0.1) is 4.90 Å². The summed E-state index contributed by atoms with van der Waals surface area (Å²) in [6.45, 7) is 0. The van der Waals surface area contributed by atoms with Gasteiger partial charge < -0.3 is 2.85 Å². The van der Waals surface area contributed by atoms with Crippen molar-refractivity contribution >= 4 is 33.2 Å². The molecule has 0 saturated heterocycles. The average Bonchev–Trinajstić information content (AvgIpc) is 1.88. The van der Waals surface area contributed by atoms with Gasteiger partial charge in [-0.15, -0.1) is 0 Å². The van der Waals surface area contributed by atoms with E-state index in [-0.39, 0.29) is 30.8 Å². The Morgan fingerprint density at radius 2 is 1.64 bits per heavy atom. The first-order chi connectivity index (χ1) is 4.61. The third-order valence-corrected chi connectivity index (χ3v) is 1.91. The van der Waals surface area contributed by atoms with Gasteiger partial charge in [0, 0.05) is 0 Å². The van der Waals surface area contributed by atoms with Gasteiger partial charge in [0.25, 0.3) is 10.1 Å². The Morgan fingerprint density at radius 1 is 1.18 bits per heavy atom. The Bertz CT molecular complexity index is 314. The average molecular weight is 184 g/mol. The predicted molar refractivity (Wildman–Crippen MR) is 44.2 cm³/mol. The van der Waals surface area contributed by atoms with E-state index in [1.54, 1.807) is 18.2 Å². The van der Waals surface area contributed by atoms with Gasteiger partial charge in [0.2, 0.25) is 0 Å². The van der Waals surface area contributed by atoms with E-state index in [0.29, 0.717) is 0 Å². The summed E-state index contributed by atoms with van der Waals surface area (Å²) in [5.41, 5.74) is 0. The molecule has 0 atom stereocenters. The third kappa shape index (κ3) is 3.20. The summed E-state index contributed by atoms with van der Waals surface area (Å²) >= 11 is 0. The molecule has 0 amide bonds. The minimum absolute atomic E-state index is 0. The van der Waals surface area contributed by atoms with E-state index in [9.17, 15) is 8.42 Å². The molecule has 1 aromatic carbocycles. The maximum atomic E-state index is 10.4. The quantitative estimate of drug-likeness (QED) is 0.518. The van der Waals surface area contributed by atoms with Crippen LogP contribution in [0.3, 0.4) is 0 Å². The van der Waals surface area contributed by atoms with E-state index in [1.165, 1.54) is 12.1 Å². The first-order valence-electron chi connectivity index (χ1n) is 2.63. The van der Waals surface area contributed by atoms with Gasteiger partial charge in [-0.3, -0.25) is 4.55 Å². The molecule has 0 unspecified atom stereocenters. The van der Waals surface area contributed by atoms with Crippen LogP contribution in [0.15, 0.2) is 35.2 Å². The van der Waals surface area contributed by atoms with Crippen molar-refractivity contribution in [3.8, 4) is 0 Å². The van der Waals surface area contributed by atoms with Crippen LogP contribution in [0, 0.1) is 0 Å². The first-order valence-corrected chi connectivity index (χ1v) is 4.07. The minimum atomic E-state index is -4.00. The Morgan fingerprint density at radius 3 is 1.91 bits per heavy atom. The van der Waals surface area contributed by atoms with E-state index < -0.39 is 10.1 Å². The van der Waals surface area contributed by atoms with Crippen LogP contribution in [0.25, 0.3) is 0 Å². The number of benzene rings is 1. The molecule has 0 radical (unpaired) electrons. The molecule has 0 aliphatic carbocycles. The second-order valence-corrected chi connectivity index (χ2v) is 3.21. The van der Waals surface area contributed by atoms with Gasteiger partial charge in [-0.05, 0) is 12.1 Å². The maximum absolute atomic E-state index is 10.4. The summed E-state index contributed by atoms with van der Waals surface area (Å²) in [5, 5.41) is 0. The van der Waals surface area contributed by atoms with E-state index >= 15 is 0 Å². The predicted octanol–water partition coefficient (Wildman–Crippen LogP) is 0.778. The summed E-state index contributed by atoms with van der Waals surface area (Å²) in [7, 11) is -4.00. The van der Waals surface area contributed by atoms with Gasteiger partial charge in [0.15, 0.2) is 0 Å². The van der Waals surface area contributed by atoms with Crippen LogP contribution >= 0.6 is 0 Å². The molecule has 0 aliphatic heterocycles. The summed E-state index contributed by atoms with van der Waals surface area (Å²) < 4.78 is 29.2. The Hall–Kier alpha value is -0.104. The maximum Gasteiger partial charge on any atom is 2.00 e. The molecule has 0 aliphatic rings. The van der Waals surface area contributed by atoms with E-state index in [4.69, 9.17) is 4.55 Å². The van der Waals surface area contributed by atoms with Gasteiger partial charge in [-0.1, -0.05) is 18.2 Å². The van der Waals surface area contributed by atoms with Crippen molar-refractivity contribution in [2.75, 3.05) is 0 Å². The van der Waals surface area contributed by atoms with Crippen molar-refractivity contribution < 1.29 is 15.8 Å². The van der Waals surface area contributed by atoms with Gasteiger partial charge in [0.1, 0.15) is 0 Å². The van der Waals surface area contributed by atoms with Crippen LogP contribution in [-0.4, -0.2) is 36.0 Å². The molecule has 3 nitrogen and oxygen atoms in total. The third-order valence-electron chi connectivity index (χ3n) is 1.04. The fraction of sp³-hybridized carbons (Fsp3) is 0. The van der Waals surface area contributed by atoms with Crippen LogP contribution in [0.5, 0.6) is 0 Å². The fourth-order valence-electron chi connectivity index (χ4n) is 0.592. The molecule has 1 rings (SSSR count). The molecule has 1 N–H and O–H groups in total. The van der Waals surface area contributed by atoms with Crippen molar-refractivity contribution in [2.45, 2.75) is 4.90 Å². The van der Waals surface area contributed by atoms with Crippen LogP contribution in [0.2, 0.25) is 0 Å². The molecule has 58 valence electrons. The molecule has 11 heavy (non-hydrogen) atoms. The number of hydrogen-bond acceptors (Lipinski definition) is 2.